The third-order valence-corrected chi connectivity index (χ3v) is 3.86. The van der Waals surface area contributed by atoms with Crippen molar-refractivity contribution in [1.29, 1.82) is 0 Å². The molecule has 0 aliphatic heterocycles. The summed E-state index contributed by atoms with van der Waals surface area (Å²) in [6, 6.07) is 9.33. The van der Waals surface area contributed by atoms with Crippen LogP contribution in [0.5, 0.6) is 0 Å². The van der Waals surface area contributed by atoms with E-state index in [1.54, 1.807) is 41.3 Å². The van der Waals surface area contributed by atoms with Gasteiger partial charge in [0.25, 0.3) is 5.91 Å². The van der Waals surface area contributed by atoms with Gasteiger partial charge in [0.15, 0.2) is 0 Å². The Kier molecular flexibility index (Phi) is 4.37. The molecule has 6 heteroatoms. The molecular formula is C18H17FN4O. The average Bonchev–Trinajstić information content (AvgIpc) is 2.98. The van der Waals surface area contributed by atoms with E-state index in [2.05, 4.69) is 15.4 Å². The summed E-state index contributed by atoms with van der Waals surface area (Å²) in [5.74, 6) is -0.481. The molecule has 122 valence electrons. The first-order chi connectivity index (χ1) is 11.6. The summed E-state index contributed by atoms with van der Waals surface area (Å²) in [4.78, 5) is 16.2. The standard InChI is InChI=1S/C18H17FN4O/c1-12(22-18(24)14-4-3-9-20-10-14)17-11-21-23(13(17)2)16-7-5-15(19)6-8-16/h3-12H,1-2H3,(H,22,24). The molecule has 5 nitrogen and oxygen atoms in total. The number of rotatable bonds is 4. The third kappa shape index (κ3) is 3.17. The Balaban J connectivity index is 1.80. The Hall–Kier alpha value is -3.02. The molecule has 1 N–H and O–H groups in total. The fraction of sp³-hybridized carbons (Fsp3) is 0.167. The van der Waals surface area contributed by atoms with Gasteiger partial charge < -0.3 is 5.32 Å². The van der Waals surface area contributed by atoms with Gasteiger partial charge in [-0.2, -0.15) is 5.10 Å². The zero-order valence-corrected chi connectivity index (χ0v) is 13.4. The number of hydrogen-bond acceptors (Lipinski definition) is 3. The van der Waals surface area contributed by atoms with Crippen molar-refractivity contribution in [2.75, 3.05) is 0 Å². The molecule has 1 unspecified atom stereocenters. The zero-order chi connectivity index (χ0) is 17.1. The topological polar surface area (TPSA) is 59.8 Å². The second-order valence-corrected chi connectivity index (χ2v) is 5.51. The molecule has 1 aromatic carbocycles. The number of hydrogen-bond donors (Lipinski definition) is 1. The molecule has 0 aliphatic rings. The van der Waals surface area contributed by atoms with Gasteiger partial charge in [0.05, 0.1) is 23.5 Å². The number of carbonyl (C=O) groups is 1. The van der Waals surface area contributed by atoms with Gasteiger partial charge in [-0.05, 0) is 50.2 Å². The monoisotopic (exact) mass is 324 g/mol. The normalized spacial score (nSPS) is 12.0. The minimum Gasteiger partial charge on any atom is -0.345 e. The van der Waals surface area contributed by atoms with Gasteiger partial charge in [-0.1, -0.05) is 0 Å². The first-order valence-electron chi connectivity index (χ1n) is 7.57. The van der Waals surface area contributed by atoms with Gasteiger partial charge >= 0.3 is 0 Å². The molecule has 0 fully saturated rings. The van der Waals surface area contributed by atoms with E-state index >= 15 is 0 Å². The van der Waals surface area contributed by atoms with E-state index in [1.807, 2.05) is 13.8 Å². The first kappa shape index (κ1) is 15.9. The first-order valence-corrected chi connectivity index (χ1v) is 7.57. The summed E-state index contributed by atoms with van der Waals surface area (Å²) < 4.78 is 14.8. The van der Waals surface area contributed by atoms with Crippen LogP contribution in [0.25, 0.3) is 5.69 Å². The molecule has 3 aromatic rings. The van der Waals surface area contributed by atoms with E-state index in [1.165, 1.54) is 18.3 Å². The molecule has 0 aliphatic carbocycles. The summed E-state index contributed by atoms with van der Waals surface area (Å²) in [5, 5.41) is 7.28. The van der Waals surface area contributed by atoms with E-state index < -0.39 is 0 Å². The molecule has 1 atom stereocenters. The van der Waals surface area contributed by atoms with Crippen LogP contribution in [-0.2, 0) is 0 Å². The van der Waals surface area contributed by atoms with Crippen LogP contribution in [0.15, 0.2) is 55.0 Å². The van der Waals surface area contributed by atoms with Gasteiger partial charge in [0.1, 0.15) is 5.82 Å². The third-order valence-electron chi connectivity index (χ3n) is 3.86. The van der Waals surface area contributed by atoms with Gasteiger partial charge in [-0.15, -0.1) is 0 Å². The van der Waals surface area contributed by atoms with Crippen LogP contribution in [0, 0.1) is 12.7 Å². The Labute approximate surface area is 139 Å². The average molecular weight is 324 g/mol. The summed E-state index contributed by atoms with van der Waals surface area (Å²) in [7, 11) is 0. The molecule has 3 rings (SSSR count). The van der Waals surface area contributed by atoms with Crippen molar-refractivity contribution in [3.8, 4) is 5.69 Å². The second-order valence-electron chi connectivity index (χ2n) is 5.51. The minimum absolute atomic E-state index is 0.190. The van der Waals surface area contributed by atoms with Crippen LogP contribution in [-0.4, -0.2) is 20.7 Å². The summed E-state index contributed by atoms with van der Waals surface area (Å²) >= 11 is 0. The highest BCUT2D eigenvalue weighted by atomic mass is 19.1. The van der Waals surface area contributed by atoms with E-state index in [4.69, 9.17) is 0 Å². The second kappa shape index (κ2) is 6.62. The maximum absolute atomic E-state index is 13.1. The summed E-state index contributed by atoms with van der Waals surface area (Å²) in [5.41, 5.74) is 3.07. The number of amides is 1. The number of carbonyl (C=O) groups excluding carboxylic acids is 1. The number of nitrogens with one attached hydrogen (secondary N) is 1. The van der Waals surface area contributed by atoms with Crippen LogP contribution < -0.4 is 5.32 Å². The molecule has 0 saturated heterocycles. The van der Waals surface area contributed by atoms with Gasteiger partial charge in [-0.25, -0.2) is 9.07 Å². The van der Waals surface area contributed by atoms with Crippen molar-refractivity contribution in [3.63, 3.8) is 0 Å². The van der Waals surface area contributed by atoms with Crippen molar-refractivity contribution >= 4 is 5.91 Å². The Morgan fingerprint density at radius 2 is 1.96 bits per heavy atom. The van der Waals surface area contributed by atoms with Gasteiger partial charge in [0.2, 0.25) is 0 Å². The number of nitrogens with zero attached hydrogens (tertiary/aromatic N) is 3. The number of halogens is 1. The summed E-state index contributed by atoms with van der Waals surface area (Å²) in [6.45, 7) is 3.81. The maximum Gasteiger partial charge on any atom is 0.253 e. The van der Waals surface area contributed by atoms with E-state index in [0.717, 1.165) is 16.9 Å². The molecule has 2 aromatic heterocycles. The minimum atomic E-state index is -0.291. The zero-order valence-electron chi connectivity index (χ0n) is 13.4. The molecule has 2 heterocycles. The van der Waals surface area contributed by atoms with Crippen LogP contribution in [0.2, 0.25) is 0 Å². The highest BCUT2D eigenvalue weighted by Crippen LogP contribution is 2.20. The largest absolute Gasteiger partial charge is 0.345 e. The smallest absolute Gasteiger partial charge is 0.253 e. The lowest BCUT2D eigenvalue weighted by Crippen LogP contribution is -2.27. The Morgan fingerprint density at radius 1 is 1.21 bits per heavy atom. The van der Waals surface area contributed by atoms with E-state index in [0.29, 0.717) is 5.56 Å². The van der Waals surface area contributed by atoms with Crippen LogP contribution in [0.1, 0.15) is 34.6 Å². The van der Waals surface area contributed by atoms with Crippen molar-refractivity contribution in [2.24, 2.45) is 0 Å². The predicted octanol–water partition coefficient (Wildman–Crippen LogP) is 3.21. The van der Waals surface area contributed by atoms with Crippen LogP contribution >= 0.6 is 0 Å². The fourth-order valence-corrected chi connectivity index (χ4v) is 2.54. The molecule has 0 spiro atoms. The maximum atomic E-state index is 13.1. The SMILES string of the molecule is Cc1c(C(C)NC(=O)c2cccnc2)cnn1-c1ccc(F)cc1. The lowest BCUT2D eigenvalue weighted by atomic mass is 10.1. The number of aromatic nitrogens is 3. The molecular weight excluding hydrogens is 307 g/mol. The van der Waals surface area contributed by atoms with E-state index in [-0.39, 0.29) is 17.8 Å². The predicted molar refractivity (Wildman–Crippen MR) is 88.4 cm³/mol. The van der Waals surface area contributed by atoms with Crippen LogP contribution in [0.4, 0.5) is 4.39 Å². The van der Waals surface area contributed by atoms with Crippen molar-refractivity contribution in [1.82, 2.24) is 20.1 Å². The highest BCUT2D eigenvalue weighted by Gasteiger charge is 2.17. The van der Waals surface area contributed by atoms with E-state index in [9.17, 15) is 9.18 Å². The van der Waals surface area contributed by atoms with Crippen molar-refractivity contribution in [2.45, 2.75) is 19.9 Å². The Morgan fingerprint density at radius 3 is 2.62 bits per heavy atom. The lowest BCUT2D eigenvalue weighted by molar-refractivity contribution is 0.0939. The quantitative estimate of drug-likeness (QED) is 0.802. The Bertz CT molecular complexity index is 843. The van der Waals surface area contributed by atoms with Crippen molar-refractivity contribution in [3.05, 3.63) is 77.6 Å². The lowest BCUT2D eigenvalue weighted by Gasteiger charge is -2.14. The molecule has 0 saturated carbocycles. The number of pyridine rings is 1. The molecule has 24 heavy (non-hydrogen) atoms. The van der Waals surface area contributed by atoms with Gasteiger partial charge in [-0.3, -0.25) is 9.78 Å². The van der Waals surface area contributed by atoms with Crippen molar-refractivity contribution < 1.29 is 9.18 Å². The highest BCUT2D eigenvalue weighted by molar-refractivity contribution is 5.94. The molecule has 1 amide bonds. The molecule has 0 bridgehead atoms. The van der Waals surface area contributed by atoms with Crippen LogP contribution in [0.3, 0.4) is 0 Å². The molecule has 0 radical (unpaired) electrons. The van der Waals surface area contributed by atoms with Gasteiger partial charge in [0, 0.05) is 23.7 Å². The fourth-order valence-electron chi connectivity index (χ4n) is 2.54. The summed E-state index contributed by atoms with van der Waals surface area (Å²) in [6.07, 6.45) is 4.86. The number of benzene rings is 1.